The Morgan fingerprint density at radius 1 is 1.23 bits per heavy atom. The minimum atomic E-state index is -3.68. The molecule has 8 nitrogen and oxygen atoms in total. The van der Waals surface area contributed by atoms with Gasteiger partial charge in [0, 0.05) is 4.90 Å². The maximum atomic E-state index is 12.4. The van der Waals surface area contributed by atoms with Crippen LogP contribution in [0.4, 0.5) is 0 Å². The Bertz CT molecular complexity index is 1240. The zero-order chi connectivity index (χ0) is 21.5. The van der Waals surface area contributed by atoms with Crippen LogP contribution in [0.3, 0.4) is 0 Å². The van der Waals surface area contributed by atoms with Crippen LogP contribution in [0.2, 0.25) is 0 Å². The zero-order valence-corrected chi connectivity index (χ0v) is 18.4. The summed E-state index contributed by atoms with van der Waals surface area (Å²) in [5, 5.41) is 8.79. The lowest BCUT2D eigenvalue weighted by molar-refractivity contribution is -0.114. The highest BCUT2D eigenvalue weighted by Crippen LogP contribution is 2.32. The number of aryl methyl sites for hydroxylation is 1. The van der Waals surface area contributed by atoms with Gasteiger partial charge in [-0.3, -0.25) is 10.2 Å². The Morgan fingerprint density at radius 2 is 1.97 bits per heavy atom. The van der Waals surface area contributed by atoms with Crippen LogP contribution in [0.1, 0.15) is 18.2 Å². The lowest BCUT2D eigenvalue weighted by atomic mass is 10.1. The molecule has 0 radical (unpaired) electrons. The van der Waals surface area contributed by atoms with Crippen molar-refractivity contribution in [1.29, 1.82) is 5.41 Å². The molecule has 30 heavy (non-hydrogen) atoms. The van der Waals surface area contributed by atoms with Gasteiger partial charge < -0.3 is 4.42 Å². The number of carbonyl (C=O) groups excluding carboxylic acids is 1. The molecule has 1 N–H and O–H groups in total. The molecule has 0 saturated carbocycles. The Morgan fingerprint density at radius 3 is 2.67 bits per heavy atom. The van der Waals surface area contributed by atoms with E-state index >= 15 is 0 Å². The number of nitrogens with one attached hydrogen (secondary N) is 1. The van der Waals surface area contributed by atoms with Crippen molar-refractivity contribution in [3.63, 3.8) is 0 Å². The van der Waals surface area contributed by atoms with Crippen LogP contribution in [0.25, 0.3) is 6.08 Å². The van der Waals surface area contributed by atoms with Gasteiger partial charge in [0.25, 0.3) is 5.91 Å². The highest BCUT2D eigenvalue weighted by Gasteiger charge is 2.42. The first kappa shape index (κ1) is 20.6. The average molecular weight is 461 g/mol. The van der Waals surface area contributed by atoms with Crippen molar-refractivity contribution in [2.24, 2.45) is 9.39 Å². The van der Waals surface area contributed by atoms with Crippen LogP contribution in [0.15, 0.2) is 65.8 Å². The number of nitrogens with zero attached hydrogens (tertiary/aromatic N) is 3. The number of benzene rings is 1. The van der Waals surface area contributed by atoms with Crippen LogP contribution in [0.5, 0.6) is 0 Å². The van der Waals surface area contributed by atoms with Gasteiger partial charge >= 0.3 is 0 Å². The first-order valence-corrected chi connectivity index (χ1v) is 12.1. The number of sulfone groups is 1. The summed E-state index contributed by atoms with van der Waals surface area (Å²) >= 11 is 2.20. The van der Waals surface area contributed by atoms with Crippen LogP contribution >= 0.6 is 23.7 Å². The number of hydrogen-bond donors (Lipinski definition) is 1. The van der Waals surface area contributed by atoms with E-state index in [9.17, 15) is 13.2 Å². The van der Waals surface area contributed by atoms with E-state index in [0.717, 1.165) is 27.3 Å². The molecular formula is C19H16N4O4S3. The number of aliphatic imine (C=N–C) groups is 1. The first-order valence-electron chi connectivity index (χ1n) is 8.84. The van der Waals surface area contributed by atoms with Crippen molar-refractivity contribution in [2.75, 3.05) is 5.75 Å². The van der Waals surface area contributed by atoms with Crippen molar-refractivity contribution in [1.82, 2.24) is 4.90 Å². The second-order valence-corrected chi connectivity index (χ2v) is 10.4. The third-order valence-corrected chi connectivity index (χ3v) is 7.62. The van der Waals surface area contributed by atoms with Crippen molar-refractivity contribution in [2.45, 2.75) is 23.8 Å². The van der Waals surface area contributed by atoms with Gasteiger partial charge in [0.05, 0.1) is 23.3 Å². The first-order chi connectivity index (χ1) is 14.3. The summed E-state index contributed by atoms with van der Waals surface area (Å²) in [5.41, 5.74) is 1.09. The molecule has 154 valence electrons. The highest BCUT2D eigenvalue weighted by atomic mass is 32.2. The average Bonchev–Trinajstić information content (AvgIpc) is 3.34. The lowest BCUT2D eigenvalue weighted by Crippen LogP contribution is -2.45. The quantitative estimate of drug-likeness (QED) is 0.545. The standard InChI is InChI=1S/C19H16N4O4S3/c1-3-30(25,26)19-22-29-18-21-17(24)14(16(20)23(18)19)10-12-6-9-15(27-12)28-13-7-4-11(2)5-8-13/h4-10,20H,3H2,1-2H3/b14-10-,20-16?. The van der Waals surface area contributed by atoms with Gasteiger partial charge in [0.15, 0.2) is 5.09 Å². The summed E-state index contributed by atoms with van der Waals surface area (Å²) in [7, 11) is -3.68. The van der Waals surface area contributed by atoms with Crippen molar-refractivity contribution >= 4 is 61.7 Å². The second kappa shape index (κ2) is 7.89. The van der Waals surface area contributed by atoms with Crippen molar-refractivity contribution in [3.05, 3.63) is 53.3 Å². The second-order valence-electron chi connectivity index (χ2n) is 6.38. The summed E-state index contributed by atoms with van der Waals surface area (Å²) in [6, 6.07) is 11.4. The smallest absolute Gasteiger partial charge is 0.283 e. The summed E-state index contributed by atoms with van der Waals surface area (Å²) in [4.78, 5) is 18.4. The fourth-order valence-electron chi connectivity index (χ4n) is 2.66. The minimum absolute atomic E-state index is 0.0595. The predicted molar refractivity (Wildman–Crippen MR) is 118 cm³/mol. The van der Waals surface area contributed by atoms with Crippen LogP contribution < -0.4 is 0 Å². The molecule has 1 aromatic carbocycles. The molecule has 2 aliphatic heterocycles. The number of carbonyl (C=O) groups is 1. The monoisotopic (exact) mass is 460 g/mol. The highest BCUT2D eigenvalue weighted by molar-refractivity contribution is 8.16. The van der Waals surface area contributed by atoms with Gasteiger partial charge in [-0.05, 0) is 37.3 Å². The molecule has 2 aliphatic rings. The molecule has 0 atom stereocenters. The third kappa shape index (κ3) is 3.87. The Kier molecular flexibility index (Phi) is 5.43. The summed E-state index contributed by atoms with van der Waals surface area (Å²) in [5.74, 6) is -0.753. The zero-order valence-electron chi connectivity index (χ0n) is 15.9. The number of amidine groups is 3. The molecule has 0 fully saturated rings. The molecule has 0 unspecified atom stereocenters. The summed E-state index contributed by atoms with van der Waals surface area (Å²) < 4.78 is 34.2. The van der Waals surface area contributed by atoms with Gasteiger partial charge in [-0.15, -0.1) is 0 Å². The topological polar surface area (TPSA) is 116 Å². The van der Waals surface area contributed by atoms with Crippen LogP contribution in [-0.4, -0.2) is 41.1 Å². The molecular weight excluding hydrogens is 444 g/mol. The molecule has 3 heterocycles. The predicted octanol–water partition coefficient (Wildman–Crippen LogP) is 3.75. The molecule has 0 spiro atoms. The van der Waals surface area contributed by atoms with Gasteiger partial charge in [0.1, 0.15) is 11.6 Å². The molecule has 0 aliphatic carbocycles. The number of rotatable bonds is 4. The van der Waals surface area contributed by atoms with Gasteiger partial charge in [-0.25, -0.2) is 13.3 Å². The molecule has 0 saturated heterocycles. The van der Waals surface area contributed by atoms with E-state index in [0.29, 0.717) is 10.9 Å². The molecule has 0 bridgehead atoms. The van der Waals surface area contributed by atoms with E-state index in [4.69, 9.17) is 9.83 Å². The van der Waals surface area contributed by atoms with E-state index < -0.39 is 15.7 Å². The Labute approximate surface area is 181 Å². The summed E-state index contributed by atoms with van der Waals surface area (Å²) in [6.45, 7) is 3.50. The van der Waals surface area contributed by atoms with Gasteiger partial charge in [-0.2, -0.15) is 9.39 Å². The maximum absolute atomic E-state index is 12.4. The largest absolute Gasteiger partial charge is 0.450 e. The Hall–Kier alpha value is -2.63. The number of amides is 1. The number of hydrogen-bond acceptors (Lipinski definition) is 8. The van der Waals surface area contributed by atoms with Crippen LogP contribution in [0, 0.1) is 12.3 Å². The van der Waals surface area contributed by atoms with Crippen LogP contribution in [-0.2, 0) is 14.6 Å². The van der Waals surface area contributed by atoms with Crippen molar-refractivity contribution in [3.8, 4) is 0 Å². The van der Waals surface area contributed by atoms with E-state index in [1.54, 1.807) is 12.1 Å². The molecule has 2 aromatic rings. The van der Waals surface area contributed by atoms with E-state index in [2.05, 4.69) is 9.39 Å². The Balaban J connectivity index is 1.61. The van der Waals surface area contributed by atoms with E-state index in [1.807, 2.05) is 31.2 Å². The molecule has 4 rings (SSSR count). The van der Waals surface area contributed by atoms with Gasteiger partial charge in [0.2, 0.25) is 20.2 Å². The maximum Gasteiger partial charge on any atom is 0.283 e. The number of furan rings is 1. The lowest BCUT2D eigenvalue weighted by Gasteiger charge is -2.24. The number of fused-ring (bicyclic) bond motifs is 1. The van der Waals surface area contributed by atoms with E-state index in [-0.39, 0.29) is 27.5 Å². The molecule has 1 aromatic heterocycles. The van der Waals surface area contributed by atoms with E-state index in [1.165, 1.54) is 24.8 Å². The molecule has 11 heteroatoms. The summed E-state index contributed by atoms with van der Waals surface area (Å²) in [6.07, 6.45) is 1.39. The molecule has 1 amide bonds. The fourth-order valence-corrected chi connectivity index (χ4v) is 5.40. The van der Waals surface area contributed by atoms with Gasteiger partial charge in [-0.1, -0.05) is 36.4 Å². The fraction of sp³-hybridized carbons (Fsp3) is 0.158. The SMILES string of the molecule is CCS(=O)(=O)C1=NSC2=NC(=O)/C(=C\c3ccc(Sc4ccc(C)cc4)o3)C(=N)N21. The normalized spacial score (nSPS) is 17.9. The minimum Gasteiger partial charge on any atom is -0.450 e. The third-order valence-electron chi connectivity index (χ3n) is 4.28. The van der Waals surface area contributed by atoms with Crippen molar-refractivity contribution < 1.29 is 17.6 Å².